The lowest BCUT2D eigenvalue weighted by Gasteiger charge is -2.15. The summed E-state index contributed by atoms with van der Waals surface area (Å²) < 4.78 is 9.40. The van der Waals surface area contributed by atoms with Gasteiger partial charge in [0, 0.05) is 38.2 Å². The van der Waals surface area contributed by atoms with Crippen LogP contribution in [0.25, 0.3) is 127 Å². The minimum Gasteiger partial charge on any atom is -0.454 e. The molecule has 0 bridgehead atoms. The number of fused-ring (bicyclic) bond motifs is 16. The summed E-state index contributed by atoms with van der Waals surface area (Å²) in [7, 11) is 0. The first-order valence-electron chi connectivity index (χ1n) is 19.0. The highest BCUT2D eigenvalue weighted by molar-refractivity contribution is 6.43. The van der Waals surface area contributed by atoms with Crippen molar-refractivity contribution in [1.82, 2.24) is 4.57 Å². The van der Waals surface area contributed by atoms with Gasteiger partial charge in [0.15, 0.2) is 5.58 Å². The molecular weight excluding hydrogens is 667 g/mol. The maximum atomic E-state index is 6.98. The number of aromatic nitrogens is 1. The second kappa shape index (κ2) is 11.2. The van der Waals surface area contributed by atoms with E-state index in [-0.39, 0.29) is 0 Å². The van der Waals surface area contributed by atoms with E-state index in [1.165, 1.54) is 87.2 Å². The van der Waals surface area contributed by atoms with E-state index >= 15 is 0 Å². The topological polar surface area (TPSA) is 18.1 Å². The average molecular weight is 700 g/mol. The van der Waals surface area contributed by atoms with Gasteiger partial charge in [-0.05, 0) is 96.9 Å². The van der Waals surface area contributed by atoms with Crippen molar-refractivity contribution in [3.05, 3.63) is 176 Å². The Morgan fingerprint density at radius 3 is 1.73 bits per heavy atom. The van der Waals surface area contributed by atoms with Crippen molar-refractivity contribution < 1.29 is 4.42 Å². The van der Waals surface area contributed by atoms with E-state index in [1.54, 1.807) is 0 Å². The molecule has 0 saturated carbocycles. The maximum Gasteiger partial charge on any atom is 0.160 e. The summed E-state index contributed by atoms with van der Waals surface area (Å²) in [6.45, 7) is 6.29. The molecule has 0 atom stereocenters. The molecule has 1 aliphatic carbocycles. The Morgan fingerprint density at radius 2 is 1.04 bits per heavy atom. The Bertz CT molecular complexity index is 3470. The summed E-state index contributed by atoms with van der Waals surface area (Å²) in [4.78, 5) is 0. The SMILES string of the molecule is C=Cc1oc2c(c1/C=C\C)c1c3ccccc3c3ccccc3c1c1c3ccccc3n(-c3ccc(-c4ccc5c6c(cccc46)-c4ccccc4-5)cc3)c21. The third-order valence-corrected chi connectivity index (χ3v) is 12.0. The standard InChI is InChI=1S/C53H33NO/c1-3-14-44-46(4-2)55-53-51(44)49-41-20-10-8-17-36(41)35-16-7-9-19-40(35)48(49)50-43-21-11-12-24-45(43)54(52(50)53)32-27-25-31(26-28-32)33-29-30-42-37-18-6-5-15-34(37)39-23-13-22-38(33)47(39)42/h3-30H,2H2,1H3/b14-3-. The highest BCUT2D eigenvalue weighted by atomic mass is 16.3. The zero-order valence-electron chi connectivity index (χ0n) is 30.2. The highest BCUT2D eigenvalue weighted by Gasteiger charge is 2.27. The van der Waals surface area contributed by atoms with Crippen LogP contribution in [0.1, 0.15) is 18.2 Å². The normalized spacial score (nSPS) is 12.5. The second-order valence-electron chi connectivity index (χ2n) is 14.7. The molecule has 55 heavy (non-hydrogen) atoms. The van der Waals surface area contributed by atoms with E-state index in [2.05, 4.69) is 182 Å². The summed E-state index contributed by atoms with van der Waals surface area (Å²) >= 11 is 0. The first-order chi connectivity index (χ1) is 27.2. The van der Waals surface area contributed by atoms with Crippen molar-refractivity contribution >= 4 is 88.0 Å². The Kier molecular flexibility index (Phi) is 6.16. The maximum absolute atomic E-state index is 6.98. The van der Waals surface area contributed by atoms with Crippen LogP contribution in [-0.2, 0) is 0 Å². The Hall–Kier alpha value is -7.16. The number of para-hydroxylation sites is 1. The van der Waals surface area contributed by atoms with Crippen LogP contribution in [-0.4, -0.2) is 4.57 Å². The van der Waals surface area contributed by atoms with E-state index in [9.17, 15) is 0 Å². The van der Waals surface area contributed by atoms with E-state index in [1.807, 2.05) is 6.08 Å². The van der Waals surface area contributed by atoms with Gasteiger partial charge in [0.1, 0.15) is 5.76 Å². The molecule has 0 N–H and O–H groups in total. The summed E-state index contributed by atoms with van der Waals surface area (Å²) in [5, 5.41) is 13.6. The van der Waals surface area contributed by atoms with Crippen molar-refractivity contribution in [2.75, 3.05) is 0 Å². The number of nitrogens with zero attached hydrogens (tertiary/aromatic N) is 1. The van der Waals surface area contributed by atoms with Crippen molar-refractivity contribution in [3.63, 3.8) is 0 Å². The second-order valence-corrected chi connectivity index (χ2v) is 14.7. The number of rotatable bonds is 4. The van der Waals surface area contributed by atoms with Crippen molar-refractivity contribution in [1.29, 1.82) is 0 Å². The number of allylic oxidation sites excluding steroid dienone is 1. The zero-order chi connectivity index (χ0) is 36.4. The Morgan fingerprint density at radius 1 is 0.473 bits per heavy atom. The molecule has 256 valence electrons. The summed E-state index contributed by atoms with van der Waals surface area (Å²) in [6, 6.07) is 55.7. The van der Waals surface area contributed by atoms with Gasteiger partial charge in [0.05, 0.1) is 11.0 Å². The highest BCUT2D eigenvalue weighted by Crippen LogP contribution is 2.51. The van der Waals surface area contributed by atoms with Gasteiger partial charge in [0.2, 0.25) is 0 Å². The molecule has 12 rings (SSSR count). The van der Waals surface area contributed by atoms with Crippen LogP contribution < -0.4 is 0 Å². The summed E-state index contributed by atoms with van der Waals surface area (Å²) in [5.41, 5.74) is 12.9. The number of furan rings is 1. The Balaban J connectivity index is 1.19. The first kappa shape index (κ1) is 30.3. The minimum absolute atomic E-state index is 0.778. The van der Waals surface area contributed by atoms with Gasteiger partial charge in [-0.25, -0.2) is 0 Å². The largest absolute Gasteiger partial charge is 0.454 e. The third-order valence-electron chi connectivity index (χ3n) is 12.0. The predicted octanol–water partition coefficient (Wildman–Crippen LogP) is 15.1. The van der Waals surface area contributed by atoms with Crippen molar-refractivity contribution in [2.45, 2.75) is 6.92 Å². The molecule has 0 unspecified atom stereocenters. The van der Waals surface area contributed by atoms with E-state index in [0.29, 0.717) is 0 Å². The fraction of sp³-hybridized carbons (Fsp3) is 0.0189. The van der Waals surface area contributed by atoms with Gasteiger partial charge >= 0.3 is 0 Å². The molecular formula is C53H33NO. The molecule has 11 aromatic rings. The van der Waals surface area contributed by atoms with Crippen LogP contribution in [0.5, 0.6) is 0 Å². The molecule has 9 aromatic carbocycles. The fourth-order valence-electron chi connectivity index (χ4n) is 9.85. The van der Waals surface area contributed by atoms with Gasteiger partial charge in [-0.2, -0.15) is 0 Å². The molecule has 2 heterocycles. The molecule has 0 fully saturated rings. The molecule has 2 heteroatoms. The van der Waals surface area contributed by atoms with Gasteiger partial charge in [-0.15, -0.1) is 0 Å². The monoisotopic (exact) mass is 699 g/mol. The van der Waals surface area contributed by atoms with E-state index in [0.717, 1.165) is 39.0 Å². The lowest BCUT2D eigenvalue weighted by Crippen LogP contribution is -1.95. The predicted molar refractivity (Wildman–Crippen MR) is 235 cm³/mol. The third kappa shape index (κ3) is 3.93. The van der Waals surface area contributed by atoms with E-state index < -0.39 is 0 Å². The van der Waals surface area contributed by atoms with E-state index in [4.69, 9.17) is 4.42 Å². The molecule has 1 aliphatic rings. The molecule has 0 amide bonds. The fourth-order valence-corrected chi connectivity index (χ4v) is 9.85. The molecule has 2 nitrogen and oxygen atoms in total. The molecule has 0 saturated heterocycles. The Labute approximate surface area is 317 Å². The molecule has 2 aromatic heterocycles. The zero-order valence-corrected chi connectivity index (χ0v) is 30.2. The minimum atomic E-state index is 0.778. The van der Waals surface area contributed by atoms with Gasteiger partial charge in [0.25, 0.3) is 0 Å². The van der Waals surface area contributed by atoms with Gasteiger partial charge < -0.3 is 8.98 Å². The summed E-state index contributed by atoms with van der Waals surface area (Å²) in [5.74, 6) is 0.778. The van der Waals surface area contributed by atoms with Crippen molar-refractivity contribution in [2.24, 2.45) is 0 Å². The molecule has 0 radical (unpaired) electrons. The van der Waals surface area contributed by atoms with Crippen LogP contribution >= 0.6 is 0 Å². The quantitative estimate of drug-likeness (QED) is 0.167. The molecule has 0 spiro atoms. The van der Waals surface area contributed by atoms with Crippen LogP contribution in [0.4, 0.5) is 0 Å². The average Bonchev–Trinajstić information content (AvgIpc) is 3.90. The molecule has 0 aliphatic heterocycles. The van der Waals surface area contributed by atoms with Crippen LogP contribution in [0, 0.1) is 0 Å². The van der Waals surface area contributed by atoms with Crippen LogP contribution in [0.3, 0.4) is 0 Å². The first-order valence-corrected chi connectivity index (χ1v) is 19.0. The van der Waals surface area contributed by atoms with Crippen LogP contribution in [0.15, 0.2) is 169 Å². The lowest BCUT2D eigenvalue weighted by atomic mass is 9.88. The van der Waals surface area contributed by atoms with Crippen LogP contribution in [0.2, 0.25) is 0 Å². The van der Waals surface area contributed by atoms with Gasteiger partial charge in [-0.3, -0.25) is 0 Å². The number of hydrogen-bond donors (Lipinski definition) is 0. The number of hydrogen-bond acceptors (Lipinski definition) is 1. The lowest BCUT2D eigenvalue weighted by molar-refractivity contribution is 0.605. The van der Waals surface area contributed by atoms with Gasteiger partial charge in [-0.1, -0.05) is 152 Å². The van der Waals surface area contributed by atoms with Crippen molar-refractivity contribution in [3.8, 4) is 39.1 Å². The summed E-state index contributed by atoms with van der Waals surface area (Å²) in [6.07, 6.45) is 6.13. The smallest absolute Gasteiger partial charge is 0.160 e. The number of benzene rings is 9.